The molecule has 0 spiro atoms. The minimum atomic E-state index is 0. The number of unbranched alkanes of at least 4 members (excludes halogenated alkanes) is 1. The van der Waals surface area contributed by atoms with Gasteiger partial charge >= 0.3 is 0 Å². The molecule has 2 N–H and O–H groups in total. The van der Waals surface area contributed by atoms with Crippen molar-refractivity contribution in [2.75, 3.05) is 26.9 Å². The number of guanidine groups is 1. The predicted octanol–water partition coefficient (Wildman–Crippen LogP) is 3.19. The molecule has 0 saturated carbocycles. The van der Waals surface area contributed by atoms with Gasteiger partial charge in [-0.2, -0.15) is 0 Å². The van der Waals surface area contributed by atoms with E-state index in [-0.39, 0.29) is 24.0 Å². The summed E-state index contributed by atoms with van der Waals surface area (Å²) in [5, 5.41) is 15.0. The van der Waals surface area contributed by atoms with E-state index in [1.165, 1.54) is 0 Å². The van der Waals surface area contributed by atoms with Crippen LogP contribution < -0.4 is 15.4 Å². The van der Waals surface area contributed by atoms with Crippen LogP contribution in [-0.2, 0) is 24.9 Å². The van der Waals surface area contributed by atoms with Gasteiger partial charge in [-0.05, 0) is 37.5 Å². The molecule has 1 aromatic carbocycles. The summed E-state index contributed by atoms with van der Waals surface area (Å²) in [5.41, 5.74) is 1.12. The number of aryl methyl sites for hydroxylation is 1. The van der Waals surface area contributed by atoms with Crippen molar-refractivity contribution in [1.82, 2.24) is 25.4 Å². The number of hydrogen-bond acceptors (Lipinski definition) is 5. The van der Waals surface area contributed by atoms with Crippen molar-refractivity contribution in [1.29, 1.82) is 0 Å². The first-order chi connectivity index (χ1) is 14.1. The number of ether oxygens (including phenoxy) is 2. The highest BCUT2D eigenvalue weighted by molar-refractivity contribution is 14.0. The summed E-state index contributed by atoms with van der Waals surface area (Å²) in [6.07, 6.45) is 3.20. The maximum Gasteiger partial charge on any atom is 0.191 e. The first kappa shape index (κ1) is 26.2. The monoisotopic (exact) mass is 530 g/mol. The van der Waals surface area contributed by atoms with E-state index in [9.17, 15) is 0 Å². The van der Waals surface area contributed by atoms with Crippen molar-refractivity contribution < 1.29 is 9.47 Å². The third-order valence-electron chi connectivity index (χ3n) is 4.58. The van der Waals surface area contributed by atoms with E-state index in [1.54, 1.807) is 7.11 Å². The molecule has 0 radical (unpaired) electrons. The number of methoxy groups -OCH3 is 1. The summed E-state index contributed by atoms with van der Waals surface area (Å²) >= 11 is 0. The van der Waals surface area contributed by atoms with Crippen LogP contribution in [0.15, 0.2) is 29.3 Å². The fraction of sp³-hybridized carbons (Fsp3) is 0.571. The molecule has 0 saturated heterocycles. The van der Waals surface area contributed by atoms with E-state index < -0.39 is 0 Å². The standard InChI is InChI=1S/C21H34N6O2.HI/c1-5-6-13-29-14-7-12-22-21(24-16-20-26-25-17(2)27(20)3)23-15-18-8-10-19(28-4)11-9-18;/h8-11H,5-7,12-16H2,1-4H3,(H2,22,23,24);1H. The second-order valence-electron chi connectivity index (χ2n) is 6.84. The van der Waals surface area contributed by atoms with E-state index >= 15 is 0 Å². The Morgan fingerprint density at radius 3 is 2.47 bits per heavy atom. The Balaban J connectivity index is 0.00000450. The van der Waals surface area contributed by atoms with Crippen LogP contribution in [0.3, 0.4) is 0 Å². The Morgan fingerprint density at radius 1 is 1.10 bits per heavy atom. The Hall–Kier alpha value is -1.88. The van der Waals surface area contributed by atoms with Crippen LogP contribution in [0.1, 0.15) is 43.4 Å². The van der Waals surface area contributed by atoms with Crippen molar-refractivity contribution >= 4 is 29.9 Å². The summed E-state index contributed by atoms with van der Waals surface area (Å²) in [4.78, 5) is 4.70. The minimum Gasteiger partial charge on any atom is -0.497 e. The first-order valence-corrected chi connectivity index (χ1v) is 10.2. The lowest BCUT2D eigenvalue weighted by Gasteiger charge is -2.13. The van der Waals surface area contributed by atoms with Gasteiger partial charge in [0.15, 0.2) is 11.8 Å². The van der Waals surface area contributed by atoms with Crippen LogP contribution in [0.2, 0.25) is 0 Å². The third kappa shape index (κ3) is 9.29. The van der Waals surface area contributed by atoms with Crippen molar-refractivity contribution in [2.24, 2.45) is 12.0 Å². The summed E-state index contributed by atoms with van der Waals surface area (Å²) in [6.45, 7) is 7.61. The van der Waals surface area contributed by atoms with Gasteiger partial charge in [-0.1, -0.05) is 25.5 Å². The van der Waals surface area contributed by atoms with Gasteiger partial charge in [0.05, 0.1) is 20.2 Å². The number of rotatable bonds is 12. The number of benzene rings is 1. The van der Waals surface area contributed by atoms with Gasteiger partial charge in [0, 0.05) is 26.8 Å². The Morgan fingerprint density at radius 2 is 1.83 bits per heavy atom. The summed E-state index contributed by atoms with van der Waals surface area (Å²) in [5.74, 6) is 3.34. The maximum absolute atomic E-state index is 5.62. The van der Waals surface area contributed by atoms with Crippen molar-refractivity contribution in [3.8, 4) is 5.75 Å². The molecule has 2 aromatic rings. The number of hydrogen-bond donors (Lipinski definition) is 2. The molecule has 0 amide bonds. The third-order valence-corrected chi connectivity index (χ3v) is 4.58. The minimum absolute atomic E-state index is 0. The lowest BCUT2D eigenvalue weighted by molar-refractivity contribution is 0.129. The molecular formula is C21H35IN6O2. The van der Waals surface area contributed by atoms with Gasteiger partial charge in [0.2, 0.25) is 0 Å². The number of nitrogens with zero attached hydrogens (tertiary/aromatic N) is 4. The summed E-state index contributed by atoms with van der Waals surface area (Å²) < 4.78 is 12.8. The number of nitrogens with one attached hydrogen (secondary N) is 2. The molecule has 0 atom stereocenters. The second kappa shape index (κ2) is 15.0. The van der Waals surface area contributed by atoms with Crippen molar-refractivity contribution in [2.45, 2.75) is 46.2 Å². The molecule has 168 valence electrons. The molecular weight excluding hydrogens is 495 g/mol. The molecule has 0 aliphatic rings. The molecule has 1 aromatic heterocycles. The summed E-state index contributed by atoms with van der Waals surface area (Å²) in [7, 11) is 3.63. The Bertz CT molecular complexity index is 748. The first-order valence-electron chi connectivity index (χ1n) is 10.2. The van der Waals surface area contributed by atoms with Gasteiger partial charge in [-0.3, -0.25) is 0 Å². The molecule has 30 heavy (non-hydrogen) atoms. The smallest absolute Gasteiger partial charge is 0.191 e. The lowest BCUT2D eigenvalue weighted by atomic mass is 10.2. The molecule has 0 aliphatic carbocycles. The zero-order valence-electron chi connectivity index (χ0n) is 18.5. The quantitative estimate of drug-likeness (QED) is 0.190. The molecule has 1 heterocycles. The average molecular weight is 530 g/mol. The maximum atomic E-state index is 5.62. The van der Waals surface area contributed by atoms with Gasteiger partial charge < -0.3 is 24.7 Å². The molecule has 2 rings (SSSR count). The Labute approximate surface area is 196 Å². The van der Waals surface area contributed by atoms with E-state index in [4.69, 9.17) is 14.5 Å². The Kier molecular flexibility index (Phi) is 13.1. The second-order valence-corrected chi connectivity index (χ2v) is 6.84. The zero-order chi connectivity index (χ0) is 20.9. The lowest BCUT2D eigenvalue weighted by Crippen LogP contribution is -2.38. The molecule has 0 unspecified atom stereocenters. The largest absolute Gasteiger partial charge is 0.497 e. The highest BCUT2D eigenvalue weighted by Gasteiger charge is 2.06. The van der Waals surface area contributed by atoms with Crippen LogP contribution in [0, 0.1) is 6.92 Å². The van der Waals surface area contributed by atoms with Crippen molar-refractivity contribution in [3.63, 3.8) is 0 Å². The van der Waals surface area contributed by atoms with Gasteiger partial charge in [0.1, 0.15) is 11.6 Å². The highest BCUT2D eigenvalue weighted by atomic mass is 127. The number of aromatic nitrogens is 3. The molecule has 0 fully saturated rings. The van der Waals surface area contributed by atoms with E-state index in [1.807, 2.05) is 42.8 Å². The highest BCUT2D eigenvalue weighted by Crippen LogP contribution is 2.11. The number of halogens is 1. The zero-order valence-corrected chi connectivity index (χ0v) is 20.8. The van der Waals surface area contributed by atoms with Crippen LogP contribution in [-0.4, -0.2) is 47.6 Å². The predicted molar refractivity (Wildman–Crippen MR) is 130 cm³/mol. The molecule has 0 aliphatic heterocycles. The van der Waals surface area contributed by atoms with Crippen LogP contribution in [0.5, 0.6) is 5.75 Å². The molecule has 8 nitrogen and oxygen atoms in total. The normalized spacial score (nSPS) is 11.1. The SMILES string of the molecule is CCCCOCCCNC(=NCc1ccc(OC)cc1)NCc1nnc(C)n1C.I. The van der Waals surface area contributed by atoms with E-state index in [2.05, 4.69) is 27.8 Å². The van der Waals surface area contributed by atoms with Crippen LogP contribution in [0.25, 0.3) is 0 Å². The topological polar surface area (TPSA) is 85.6 Å². The average Bonchev–Trinajstić information content (AvgIpc) is 3.07. The van der Waals surface area contributed by atoms with E-state index in [0.717, 1.165) is 67.9 Å². The van der Waals surface area contributed by atoms with Crippen molar-refractivity contribution in [3.05, 3.63) is 41.5 Å². The molecule has 9 heteroatoms. The van der Waals surface area contributed by atoms with E-state index in [0.29, 0.717) is 13.1 Å². The van der Waals surface area contributed by atoms with Gasteiger partial charge in [-0.25, -0.2) is 4.99 Å². The number of aliphatic imine (C=N–C) groups is 1. The summed E-state index contributed by atoms with van der Waals surface area (Å²) in [6, 6.07) is 7.93. The van der Waals surface area contributed by atoms with Crippen LogP contribution >= 0.6 is 24.0 Å². The van der Waals surface area contributed by atoms with Crippen LogP contribution in [0.4, 0.5) is 0 Å². The molecule has 0 bridgehead atoms. The fourth-order valence-electron chi connectivity index (χ4n) is 2.57. The fourth-order valence-corrected chi connectivity index (χ4v) is 2.57. The van der Waals surface area contributed by atoms with Gasteiger partial charge in [0.25, 0.3) is 0 Å². The van der Waals surface area contributed by atoms with Gasteiger partial charge in [-0.15, -0.1) is 34.2 Å².